The molecule has 2 aromatic rings. The fourth-order valence-electron chi connectivity index (χ4n) is 3.08. The fourth-order valence-corrected chi connectivity index (χ4v) is 3.08. The quantitative estimate of drug-likeness (QED) is 0.725. The highest BCUT2D eigenvalue weighted by Crippen LogP contribution is 2.32. The van der Waals surface area contributed by atoms with Crippen molar-refractivity contribution in [2.45, 2.75) is 25.9 Å². The summed E-state index contributed by atoms with van der Waals surface area (Å²) in [6.07, 6.45) is -0.599. The Morgan fingerprint density at radius 2 is 1.88 bits per heavy atom. The Morgan fingerprint density at radius 1 is 1.12 bits per heavy atom. The molecule has 0 atom stereocenters. The number of rotatable bonds is 4. The smallest absolute Gasteiger partial charge is 0.299 e. The van der Waals surface area contributed by atoms with Crippen LogP contribution in [0.4, 0.5) is 13.2 Å². The molecular weight excluding hydrogens is 361 g/mol. The zero-order valence-corrected chi connectivity index (χ0v) is 15.4. The van der Waals surface area contributed by atoms with E-state index in [4.69, 9.17) is 0 Å². The summed E-state index contributed by atoms with van der Waals surface area (Å²) in [7, 11) is 0. The summed E-state index contributed by atoms with van der Waals surface area (Å²) in [4.78, 5) is 6.81. The molecule has 1 aliphatic rings. The lowest BCUT2D eigenvalue weighted by Crippen LogP contribution is -2.30. The highest BCUT2D eigenvalue weighted by molar-refractivity contribution is 5.85. The summed E-state index contributed by atoms with van der Waals surface area (Å²) in [5.41, 5.74) is 3.18. The van der Waals surface area contributed by atoms with E-state index in [1.165, 1.54) is 12.1 Å². The van der Waals surface area contributed by atoms with Gasteiger partial charge in [-0.05, 0) is 48.7 Å². The number of hydrogen-bond donors (Lipinski definition) is 0. The van der Waals surface area contributed by atoms with E-state index in [0.29, 0.717) is 5.56 Å². The molecule has 3 rings (SSSR count). The van der Waals surface area contributed by atoms with Crippen molar-refractivity contribution in [2.75, 3.05) is 19.6 Å². The minimum absolute atomic E-state index is 0. The van der Waals surface area contributed by atoms with E-state index in [0.717, 1.165) is 55.5 Å². The number of hydrogen-bond acceptors (Lipinski definition) is 2. The molecule has 140 valence electrons. The monoisotopic (exact) mass is 382 g/mol. The highest BCUT2D eigenvalue weighted by atomic mass is 35.5. The van der Waals surface area contributed by atoms with Crippen LogP contribution in [-0.4, -0.2) is 29.5 Å². The number of nitrogens with zero attached hydrogens (tertiary/aromatic N) is 2. The molecule has 0 N–H and O–H groups in total. The third-order valence-electron chi connectivity index (χ3n) is 4.48. The first-order valence-electron chi connectivity index (χ1n) is 8.43. The molecule has 26 heavy (non-hydrogen) atoms. The van der Waals surface area contributed by atoms with E-state index >= 15 is 0 Å². The molecule has 0 radical (unpaired) electrons. The molecule has 0 aliphatic carbocycles. The van der Waals surface area contributed by atoms with Gasteiger partial charge in [0, 0.05) is 37.4 Å². The predicted octanol–water partition coefficient (Wildman–Crippen LogP) is 5.16. The second-order valence-electron chi connectivity index (χ2n) is 6.38. The lowest BCUT2D eigenvalue weighted by Gasteiger charge is -2.26. The second-order valence-corrected chi connectivity index (χ2v) is 6.38. The summed E-state index contributed by atoms with van der Waals surface area (Å²) in [5.74, 6) is 0. The van der Waals surface area contributed by atoms with E-state index < -0.39 is 11.7 Å². The van der Waals surface area contributed by atoms with Gasteiger partial charge in [0.25, 0.3) is 0 Å². The van der Waals surface area contributed by atoms with Crippen LogP contribution in [0.3, 0.4) is 0 Å². The van der Waals surface area contributed by atoms with E-state index in [2.05, 4.69) is 9.88 Å². The van der Waals surface area contributed by atoms with Crippen molar-refractivity contribution in [3.63, 3.8) is 0 Å². The number of halogens is 4. The van der Waals surface area contributed by atoms with Crippen LogP contribution in [-0.2, 0) is 12.6 Å². The van der Waals surface area contributed by atoms with Crippen LogP contribution in [0.15, 0.2) is 48.5 Å². The standard InChI is InChI=1S/C20H21F3N2.ClH/c1-15-4-2-7-19(24-15)10-13-25-11-8-16(9-12-25)17-5-3-6-18(14-17)20(21,22)23;/h2-8,14H,9-13H2,1H3;1H. The van der Waals surface area contributed by atoms with E-state index in [1.807, 2.05) is 31.2 Å². The Balaban J connectivity index is 0.00000243. The molecule has 0 unspecified atom stereocenters. The number of alkyl halides is 3. The maximum Gasteiger partial charge on any atom is 0.416 e. The molecule has 0 spiro atoms. The molecule has 0 amide bonds. The largest absolute Gasteiger partial charge is 0.416 e. The maximum atomic E-state index is 12.9. The van der Waals surface area contributed by atoms with Crippen LogP contribution < -0.4 is 0 Å². The Labute approximate surface area is 158 Å². The molecule has 0 saturated heterocycles. The highest BCUT2D eigenvalue weighted by Gasteiger charge is 2.30. The number of aryl methyl sites for hydroxylation is 1. The Kier molecular flexibility index (Phi) is 6.84. The Bertz CT molecular complexity index is 772. The van der Waals surface area contributed by atoms with Crippen LogP contribution >= 0.6 is 12.4 Å². The van der Waals surface area contributed by atoms with Crippen LogP contribution in [0, 0.1) is 6.92 Å². The van der Waals surface area contributed by atoms with Crippen molar-refractivity contribution in [1.29, 1.82) is 0 Å². The van der Waals surface area contributed by atoms with Gasteiger partial charge in [0.05, 0.1) is 5.56 Å². The molecule has 2 heterocycles. The normalized spacial score (nSPS) is 15.3. The van der Waals surface area contributed by atoms with Crippen LogP contribution in [0.2, 0.25) is 0 Å². The van der Waals surface area contributed by atoms with Gasteiger partial charge in [0.15, 0.2) is 0 Å². The third kappa shape index (κ3) is 5.32. The number of pyridine rings is 1. The van der Waals surface area contributed by atoms with Crippen molar-refractivity contribution in [3.8, 4) is 0 Å². The summed E-state index contributed by atoms with van der Waals surface area (Å²) in [6, 6.07) is 11.6. The first kappa shape index (κ1) is 20.5. The topological polar surface area (TPSA) is 16.1 Å². The zero-order valence-electron chi connectivity index (χ0n) is 14.6. The molecular formula is C20H22ClF3N2. The van der Waals surface area contributed by atoms with E-state index in [-0.39, 0.29) is 12.4 Å². The number of aromatic nitrogens is 1. The lowest BCUT2D eigenvalue weighted by atomic mass is 9.97. The van der Waals surface area contributed by atoms with Crippen LogP contribution in [0.25, 0.3) is 5.57 Å². The second kappa shape index (κ2) is 8.69. The van der Waals surface area contributed by atoms with Gasteiger partial charge in [-0.3, -0.25) is 9.88 Å². The molecule has 1 aromatic carbocycles. The van der Waals surface area contributed by atoms with Gasteiger partial charge in [-0.1, -0.05) is 24.3 Å². The predicted molar refractivity (Wildman–Crippen MR) is 100 cm³/mol. The van der Waals surface area contributed by atoms with E-state index in [1.54, 1.807) is 6.07 Å². The molecule has 1 aromatic heterocycles. The summed E-state index contributed by atoms with van der Waals surface area (Å²) in [5, 5.41) is 0. The first-order valence-corrected chi connectivity index (χ1v) is 8.43. The molecule has 6 heteroatoms. The summed E-state index contributed by atoms with van der Waals surface area (Å²) >= 11 is 0. The third-order valence-corrected chi connectivity index (χ3v) is 4.48. The van der Waals surface area contributed by atoms with E-state index in [9.17, 15) is 13.2 Å². The maximum absolute atomic E-state index is 12.9. The Hall–Kier alpha value is -1.85. The summed E-state index contributed by atoms with van der Waals surface area (Å²) < 4.78 is 38.6. The van der Waals surface area contributed by atoms with Crippen molar-refractivity contribution in [2.24, 2.45) is 0 Å². The van der Waals surface area contributed by atoms with Gasteiger partial charge >= 0.3 is 6.18 Å². The van der Waals surface area contributed by atoms with Gasteiger partial charge in [0.2, 0.25) is 0 Å². The Morgan fingerprint density at radius 3 is 2.54 bits per heavy atom. The molecule has 1 aliphatic heterocycles. The number of benzene rings is 1. The summed E-state index contributed by atoms with van der Waals surface area (Å²) in [6.45, 7) is 4.50. The fraction of sp³-hybridized carbons (Fsp3) is 0.350. The van der Waals surface area contributed by atoms with Gasteiger partial charge < -0.3 is 0 Å². The van der Waals surface area contributed by atoms with Gasteiger partial charge in [0.1, 0.15) is 0 Å². The average molecular weight is 383 g/mol. The van der Waals surface area contributed by atoms with Crippen LogP contribution in [0.5, 0.6) is 0 Å². The van der Waals surface area contributed by atoms with Crippen molar-refractivity contribution >= 4 is 18.0 Å². The average Bonchev–Trinajstić information content (AvgIpc) is 2.60. The van der Waals surface area contributed by atoms with Crippen molar-refractivity contribution in [1.82, 2.24) is 9.88 Å². The van der Waals surface area contributed by atoms with Crippen LogP contribution in [0.1, 0.15) is 28.9 Å². The molecule has 0 bridgehead atoms. The molecule has 0 saturated carbocycles. The molecule has 2 nitrogen and oxygen atoms in total. The van der Waals surface area contributed by atoms with Gasteiger partial charge in [-0.25, -0.2) is 0 Å². The lowest BCUT2D eigenvalue weighted by molar-refractivity contribution is -0.137. The first-order chi connectivity index (χ1) is 11.9. The SMILES string of the molecule is Cc1cccc(CCN2CC=C(c3cccc(C(F)(F)F)c3)CC2)n1.Cl. The van der Waals surface area contributed by atoms with Crippen molar-refractivity contribution in [3.05, 3.63) is 71.1 Å². The minimum Gasteiger partial charge on any atom is -0.299 e. The van der Waals surface area contributed by atoms with Gasteiger partial charge in [-0.2, -0.15) is 13.2 Å². The minimum atomic E-state index is -4.29. The molecule has 0 fully saturated rings. The zero-order chi connectivity index (χ0) is 17.9. The van der Waals surface area contributed by atoms with Gasteiger partial charge in [-0.15, -0.1) is 12.4 Å². The van der Waals surface area contributed by atoms with Crippen molar-refractivity contribution < 1.29 is 13.2 Å².